The standard InChI is InChI=1S/C15H14N/c1-2-7-13-11(5-1)9-12-6-3-4-8-16(12)15-10-14(13)15/h1-8,14-15H,9-10H2/q+1. The number of hydrogen-bond donors (Lipinski definition) is 0. The third-order valence-corrected chi connectivity index (χ3v) is 3.92. The summed E-state index contributed by atoms with van der Waals surface area (Å²) in [5, 5.41) is 0. The van der Waals surface area contributed by atoms with Gasteiger partial charge in [-0.3, -0.25) is 0 Å². The van der Waals surface area contributed by atoms with Crippen molar-refractivity contribution < 1.29 is 4.57 Å². The number of fused-ring (bicyclic) bond motifs is 5. The molecule has 0 saturated heterocycles. The first kappa shape index (κ1) is 8.51. The molecule has 1 aromatic heterocycles. The third kappa shape index (κ3) is 1.09. The molecule has 2 aliphatic rings. The van der Waals surface area contributed by atoms with Gasteiger partial charge in [-0.1, -0.05) is 30.3 Å². The molecular weight excluding hydrogens is 194 g/mol. The zero-order valence-electron chi connectivity index (χ0n) is 9.13. The van der Waals surface area contributed by atoms with E-state index >= 15 is 0 Å². The van der Waals surface area contributed by atoms with Crippen molar-refractivity contribution in [3.05, 3.63) is 65.5 Å². The van der Waals surface area contributed by atoms with E-state index in [1.807, 2.05) is 0 Å². The number of hydrogen-bond acceptors (Lipinski definition) is 0. The number of benzene rings is 1. The highest BCUT2D eigenvalue weighted by Gasteiger charge is 2.50. The van der Waals surface area contributed by atoms with Gasteiger partial charge in [-0.15, -0.1) is 0 Å². The van der Waals surface area contributed by atoms with Gasteiger partial charge in [-0.25, -0.2) is 0 Å². The Morgan fingerprint density at radius 1 is 1.00 bits per heavy atom. The minimum atomic E-state index is 0.722. The largest absolute Gasteiger partial charge is 0.199 e. The Morgan fingerprint density at radius 3 is 2.88 bits per heavy atom. The highest BCUT2D eigenvalue weighted by molar-refractivity contribution is 5.37. The van der Waals surface area contributed by atoms with Gasteiger partial charge < -0.3 is 0 Å². The lowest BCUT2D eigenvalue weighted by Gasteiger charge is -2.03. The Labute approximate surface area is 95.4 Å². The quantitative estimate of drug-likeness (QED) is 0.586. The zero-order chi connectivity index (χ0) is 10.5. The average molecular weight is 208 g/mol. The third-order valence-electron chi connectivity index (χ3n) is 3.92. The molecule has 1 aliphatic heterocycles. The van der Waals surface area contributed by atoms with Crippen LogP contribution in [0.2, 0.25) is 0 Å². The molecule has 78 valence electrons. The second-order valence-corrected chi connectivity index (χ2v) is 4.88. The fourth-order valence-corrected chi connectivity index (χ4v) is 3.04. The molecule has 1 nitrogen and oxygen atoms in total. The molecule has 1 heteroatoms. The molecule has 2 aromatic rings. The molecule has 0 radical (unpaired) electrons. The van der Waals surface area contributed by atoms with Crippen molar-refractivity contribution in [2.45, 2.75) is 24.8 Å². The van der Waals surface area contributed by atoms with Crippen molar-refractivity contribution in [3.63, 3.8) is 0 Å². The summed E-state index contributed by atoms with van der Waals surface area (Å²) in [6, 6.07) is 16.2. The molecule has 2 unspecified atom stereocenters. The summed E-state index contributed by atoms with van der Waals surface area (Å²) in [7, 11) is 0. The van der Waals surface area contributed by atoms with Crippen LogP contribution in [0.25, 0.3) is 0 Å². The number of nitrogens with zero attached hydrogens (tertiary/aromatic N) is 1. The summed E-state index contributed by atoms with van der Waals surface area (Å²) in [6.07, 6.45) is 4.65. The molecule has 4 rings (SSSR count). The van der Waals surface area contributed by atoms with Gasteiger partial charge in [-0.05, 0) is 11.1 Å². The maximum absolute atomic E-state index is 2.48. The molecule has 1 saturated carbocycles. The normalized spacial score (nSPS) is 25.0. The second-order valence-electron chi connectivity index (χ2n) is 4.88. The van der Waals surface area contributed by atoms with Crippen LogP contribution in [0.4, 0.5) is 0 Å². The van der Waals surface area contributed by atoms with Gasteiger partial charge in [0.1, 0.15) is 0 Å². The Kier molecular flexibility index (Phi) is 1.57. The number of rotatable bonds is 0. The van der Waals surface area contributed by atoms with E-state index in [1.165, 1.54) is 17.7 Å². The van der Waals surface area contributed by atoms with E-state index in [9.17, 15) is 0 Å². The Hall–Kier alpha value is -1.63. The van der Waals surface area contributed by atoms with E-state index in [-0.39, 0.29) is 0 Å². The molecule has 1 fully saturated rings. The average Bonchev–Trinajstić information content (AvgIpc) is 3.09. The van der Waals surface area contributed by atoms with Crippen LogP contribution in [0.1, 0.15) is 35.2 Å². The topological polar surface area (TPSA) is 3.88 Å². The molecule has 0 bridgehead atoms. The van der Waals surface area contributed by atoms with E-state index in [0.717, 1.165) is 18.4 Å². The first-order valence-corrected chi connectivity index (χ1v) is 6.00. The molecular formula is C15H14N+. The molecule has 2 heterocycles. The lowest BCUT2D eigenvalue weighted by molar-refractivity contribution is -0.707. The van der Waals surface area contributed by atoms with E-state index < -0.39 is 0 Å². The molecule has 16 heavy (non-hydrogen) atoms. The second kappa shape index (κ2) is 2.94. The van der Waals surface area contributed by atoms with Crippen molar-refractivity contribution in [3.8, 4) is 0 Å². The number of aromatic nitrogens is 1. The summed E-state index contributed by atoms with van der Waals surface area (Å²) < 4.78 is 2.48. The van der Waals surface area contributed by atoms with E-state index in [1.54, 1.807) is 5.56 Å². The zero-order valence-corrected chi connectivity index (χ0v) is 9.13. The van der Waals surface area contributed by atoms with Crippen LogP contribution in [-0.2, 0) is 6.42 Å². The van der Waals surface area contributed by atoms with Crippen LogP contribution >= 0.6 is 0 Å². The van der Waals surface area contributed by atoms with Crippen LogP contribution in [0.5, 0.6) is 0 Å². The van der Waals surface area contributed by atoms with Crippen molar-refractivity contribution in [1.29, 1.82) is 0 Å². The highest BCUT2D eigenvalue weighted by atomic mass is 15.1. The molecule has 1 aromatic carbocycles. The lowest BCUT2D eigenvalue weighted by atomic mass is 10.0. The van der Waals surface area contributed by atoms with Gasteiger partial charge in [0.05, 0.1) is 12.3 Å². The summed E-state index contributed by atoms with van der Waals surface area (Å²) in [5.41, 5.74) is 4.56. The van der Waals surface area contributed by atoms with Crippen LogP contribution in [-0.4, -0.2) is 0 Å². The molecule has 0 N–H and O–H groups in total. The van der Waals surface area contributed by atoms with Gasteiger partial charge >= 0.3 is 0 Å². The Morgan fingerprint density at radius 2 is 1.88 bits per heavy atom. The fourth-order valence-electron chi connectivity index (χ4n) is 3.04. The molecule has 0 spiro atoms. The Bertz CT molecular complexity index is 509. The van der Waals surface area contributed by atoms with Crippen molar-refractivity contribution in [2.75, 3.05) is 0 Å². The predicted molar refractivity (Wildman–Crippen MR) is 62.3 cm³/mol. The lowest BCUT2D eigenvalue weighted by Crippen LogP contribution is -2.36. The van der Waals surface area contributed by atoms with Gasteiger partial charge in [-0.2, -0.15) is 4.57 Å². The summed E-state index contributed by atoms with van der Waals surface area (Å²) in [6.45, 7) is 0. The van der Waals surface area contributed by atoms with E-state index in [4.69, 9.17) is 0 Å². The highest BCUT2D eigenvalue weighted by Crippen LogP contribution is 2.50. The van der Waals surface area contributed by atoms with Crippen molar-refractivity contribution in [2.24, 2.45) is 0 Å². The maximum Gasteiger partial charge on any atom is 0.185 e. The minimum absolute atomic E-state index is 0.722. The van der Waals surface area contributed by atoms with E-state index in [2.05, 4.69) is 53.2 Å². The molecule has 1 aliphatic carbocycles. The van der Waals surface area contributed by atoms with Gasteiger partial charge in [0.2, 0.25) is 0 Å². The monoisotopic (exact) mass is 208 g/mol. The summed E-state index contributed by atoms with van der Waals surface area (Å²) in [5.74, 6) is 0.768. The van der Waals surface area contributed by atoms with Gasteiger partial charge in [0.15, 0.2) is 17.9 Å². The minimum Gasteiger partial charge on any atom is -0.199 e. The summed E-state index contributed by atoms with van der Waals surface area (Å²) >= 11 is 0. The van der Waals surface area contributed by atoms with E-state index in [0.29, 0.717) is 0 Å². The van der Waals surface area contributed by atoms with Crippen LogP contribution in [0.3, 0.4) is 0 Å². The Balaban J connectivity index is 1.94. The molecule has 2 atom stereocenters. The smallest absolute Gasteiger partial charge is 0.185 e. The van der Waals surface area contributed by atoms with Crippen LogP contribution in [0, 0.1) is 0 Å². The molecule has 0 amide bonds. The van der Waals surface area contributed by atoms with Gasteiger partial charge in [0.25, 0.3) is 0 Å². The predicted octanol–water partition coefficient (Wildman–Crippen LogP) is 2.61. The summed E-state index contributed by atoms with van der Waals surface area (Å²) in [4.78, 5) is 0. The van der Waals surface area contributed by atoms with Crippen LogP contribution < -0.4 is 4.57 Å². The SMILES string of the molecule is c1ccc2c(c1)Cc1cccc[n+]1C1CC21. The maximum atomic E-state index is 2.48. The van der Waals surface area contributed by atoms with Crippen LogP contribution in [0.15, 0.2) is 48.7 Å². The van der Waals surface area contributed by atoms with Crippen molar-refractivity contribution in [1.82, 2.24) is 0 Å². The number of pyridine rings is 1. The van der Waals surface area contributed by atoms with Gasteiger partial charge in [0, 0.05) is 18.6 Å². The fraction of sp³-hybridized carbons (Fsp3) is 0.267. The first-order chi connectivity index (χ1) is 7.93. The first-order valence-electron chi connectivity index (χ1n) is 6.00. The van der Waals surface area contributed by atoms with Crippen molar-refractivity contribution >= 4 is 0 Å².